The lowest BCUT2D eigenvalue weighted by Crippen LogP contribution is -2.24. The molecule has 30 heavy (non-hydrogen) atoms. The van der Waals surface area contributed by atoms with Crippen molar-refractivity contribution in [2.75, 3.05) is 5.73 Å². The first-order valence-electron chi connectivity index (χ1n) is 9.23. The molecule has 8 heteroatoms. The summed E-state index contributed by atoms with van der Waals surface area (Å²) in [5.74, 6) is -0.884. The lowest BCUT2D eigenvalue weighted by molar-refractivity contribution is 0.0880. The number of fused-ring (bicyclic) bond motifs is 2. The fourth-order valence-electron chi connectivity index (χ4n) is 3.68. The van der Waals surface area contributed by atoms with Crippen LogP contribution in [-0.4, -0.2) is 21.4 Å². The predicted octanol–water partition coefficient (Wildman–Crippen LogP) is 2.73. The second kappa shape index (κ2) is 6.15. The summed E-state index contributed by atoms with van der Waals surface area (Å²) in [5.41, 5.74) is 9.88. The highest BCUT2D eigenvalue weighted by Gasteiger charge is 2.32. The number of aryl methyl sites for hydroxylation is 2. The molecule has 2 aromatic carbocycles. The Morgan fingerprint density at radius 3 is 2.47 bits per heavy atom. The number of benzene rings is 2. The molecule has 1 aliphatic heterocycles. The zero-order valence-corrected chi connectivity index (χ0v) is 16.1. The fourth-order valence-corrected chi connectivity index (χ4v) is 3.68. The van der Waals surface area contributed by atoms with Crippen molar-refractivity contribution < 1.29 is 14.0 Å². The van der Waals surface area contributed by atoms with Gasteiger partial charge in [0, 0.05) is 11.6 Å². The number of oxazole rings is 1. The molecule has 0 saturated heterocycles. The standard InChI is InChI=1S/C22H16N4O4/c1-10-3-5-12(6-4-10)22-24-15-8-13(7-11(2)18(15)30-22)26-16(27)9-14-17(19(26)23)21(29)25-20(14)28/h3-9H,23H2,1-2H3,(H,25,28,29). The highest BCUT2D eigenvalue weighted by atomic mass is 16.3. The number of nitrogen functional groups attached to an aromatic ring is 1. The molecule has 0 spiro atoms. The Bertz CT molecular complexity index is 1450. The zero-order valence-electron chi connectivity index (χ0n) is 16.1. The molecule has 0 saturated carbocycles. The van der Waals surface area contributed by atoms with Crippen molar-refractivity contribution in [3.63, 3.8) is 0 Å². The maximum absolute atomic E-state index is 12.7. The topological polar surface area (TPSA) is 120 Å². The van der Waals surface area contributed by atoms with Crippen molar-refractivity contribution in [1.82, 2.24) is 14.9 Å². The third kappa shape index (κ3) is 2.54. The van der Waals surface area contributed by atoms with Gasteiger partial charge in [0.2, 0.25) is 5.89 Å². The van der Waals surface area contributed by atoms with Crippen LogP contribution in [0.1, 0.15) is 31.8 Å². The number of carbonyl (C=O) groups is 2. The summed E-state index contributed by atoms with van der Waals surface area (Å²) < 4.78 is 7.14. The van der Waals surface area contributed by atoms with E-state index >= 15 is 0 Å². The minimum Gasteiger partial charge on any atom is -0.436 e. The molecule has 148 valence electrons. The van der Waals surface area contributed by atoms with E-state index in [1.54, 1.807) is 12.1 Å². The van der Waals surface area contributed by atoms with Crippen molar-refractivity contribution in [3.05, 3.63) is 75.1 Å². The van der Waals surface area contributed by atoms with Crippen LogP contribution in [0.15, 0.2) is 51.7 Å². The molecule has 5 rings (SSSR count). The van der Waals surface area contributed by atoms with Crippen molar-refractivity contribution in [2.45, 2.75) is 13.8 Å². The van der Waals surface area contributed by atoms with E-state index in [-0.39, 0.29) is 16.9 Å². The molecule has 0 bridgehead atoms. The monoisotopic (exact) mass is 400 g/mol. The van der Waals surface area contributed by atoms with Crippen molar-refractivity contribution in [2.24, 2.45) is 0 Å². The molecule has 2 aromatic heterocycles. The van der Waals surface area contributed by atoms with Gasteiger partial charge < -0.3 is 10.2 Å². The van der Waals surface area contributed by atoms with Gasteiger partial charge in [-0.1, -0.05) is 17.7 Å². The predicted molar refractivity (Wildman–Crippen MR) is 111 cm³/mol. The van der Waals surface area contributed by atoms with Crippen LogP contribution in [0.25, 0.3) is 28.2 Å². The summed E-state index contributed by atoms with van der Waals surface area (Å²) >= 11 is 0. The van der Waals surface area contributed by atoms with Crippen molar-refractivity contribution in [3.8, 4) is 17.1 Å². The number of nitrogens with zero attached hydrogens (tertiary/aromatic N) is 2. The van der Waals surface area contributed by atoms with Gasteiger partial charge in [0.1, 0.15) is 11.3 Å². The minimum atomic E-state index is -0.628. The number of imide groups is 1. The second-order valence-electron chi connectivity index (χ2n) is 7.27. The van der Waals surface area contributed by atoms with E-state index in [0.29, 0.717) is 22.7 Å². The van der Waals surface area contributed by atoms with Crippen molar-refractivity contribution >= 4 is 28.7 Å². The van der Waals surface area contributed by atoms with E-state index in [1.807, 2.05) is 38.1 Å². The first-order valence-corrected chi connectivity index (χ1v) is 9.23. The van der Waals surface area contributed by atoms with Gasteiger partial charge in [0.15, 0.2) is 5.58 Å². The Morgan fingerprint density at radius 2 is 1.73 bits per heavy atom. The molecular weight excluding hydrogens is 384 g/mol. The molecule has 0 unspecified atom stereocenters. The molecule has 4 aromatic rings. The maximum atomic E-state index is 12.7. The van der Waals surface area contributed by atoms with Crippen LogP contribution < -0.4 is 16.6 Å². The molecule has 0 aliphatic carbocycles. The molecule has 1 aliphatic rings. The average Bonchev–Trinajstić information content (AvgIpc) is 3.24. The average molecular weight is 400 g/mol. The Kier molecular flexibility index (Phi) is 3.66. The Morgan fingerprint density at radius 1 is 1.00 bits per heavy atom. The van der Waals surface area contributed by atoms with Crippen LogP contribution in [0.4, 0.5) is 5.82 Å². The number of nitrogens with one attached hydrogen (secondary N) is 1. The molecule has 0 radical (unpaired) electrons. The lowest BCUT2D eigenvalue weighted by Gasteiger charge is -2.12. The Hall–Kier alpha value is -4.20. The highest BCUT2D eigenvalue weighted by molar-refractivity contribution is 6.23. The van der Waals surface area contributed by atoms with Crippen LogP contribution in [-0.2, 0) is 0 Å². The SMILES string of the molecule is Cc1ccc(-c2nc3cc(-n4c(N)c5c(cc4=O)C(=O)NC5=O)cc(C)c3o2)cc1. The van der Waals surface area contributed by atoms with Crippen LogP contribution in [0.3, 0.4) is 0 Å². The van der Waals surface area contributed by atoms with Gasteiger partial charge >= 0.3 is 0 Å². The van der Waals surface area contributed by atoms with Gasteiger partial charge in [0.25, 0.3) is 17.4 Å². The first kappa shape index (κ1) is 17.9. The van der Waals surface area contributed by atoms with Gasteiger partial charge in [-0.2, -0.15) is 0 Å². The van der Waals surface area contributed by atoms with E-state index in [1.165, 1.54) is 4.57 Å². The molecule has 0 fully saturated rings. The number of amides is 2. The number of carbonyl (C=O) groups excluding carboxylic acids is 2. The fraction of sp³-hybridized carbons (Fsp3) is 0.0909. The second-order valence-corrected chi connectivity index (χ2v) is 7.27. The molecule has 0 atom stereocenters. The maximum Gasteiger partial charge on any atom is 0.262 e. The van der Waals surface area contributed by atoms with Gasteiger partial charge in [0.05, 0.1) is 16.8 Å². The minimum absolute atomic E-state index is 0.00199. The van der Waals surface area contributed by atoms with Gasteiger partial charge in [-0.05, 0) is 43.7 Å². The summed E-state index contributed by atoms with van der Waals surface area (Å²) in [6, 6.07) is 12.3. The summed E-state index contributed by atoms with van der Waals surface area (Å²) in [6.07, 6.45) is 0. The van der Waals surface area contributed by atoms with Crippen LogP contribution in [0.2, 0.25) is 0 Å². The van der Waals surface area contributed by atoms with Crippen LogP contribution in [0, 0.1) is 13.8 Å². The largest absolute Gasteiger partial charge is 0.436 e. The van der Waals surface area contributed by atoms with E-state index < -0.39 is 17.4 Å². The molecular formula is C22H16N4O4. The van der Waals surface area contributed by atoms with Crippen LogP contribution >= 0.6 is 0 Å². The zero-order chi connectivity index (χ0) is 21.2. The summed E-state index contributed by atoms with van der Waals surface area (Å²) in [5, 5.41) is 2.16. The van der Waals surface area contributed by atoms with E-state index in [9.17, 15) is 14.4 Å². The first-order chi connectivity index (χ1) is 14.3. The van der Waals surface area contributed by atoms with Crippen molar-refractivity contribution in [1.29, 1.82) is 0 Å². The Labute approximate surface area is 169 Å². The number of aromatic nitrogens is 2. The third-order valence-electron chi connectivity index (χ3n) is 5.17. The molecule has 2 amide bonds. The summed E-state index contributed by atoms with van der Waals surface area (Å²) in [7, 11) is 0. The van der Waals surface area contributed by atoms with E-state index in [2.05, 4.69) is 10.3 Å². The molecule has 8 nitrogen and oxygen atoms in total. The number of nitrogens with two attached hydrogens (primary N) is 1. The molecule has 3 N–H and O–H groups in total. The van der Waals surface area contributed by atoms with Gasteiger partial charge in [-0.3, -0.25) is 24.3 Å². The van der Waals surface area contributed by atoms with Gasteiger partial charge in [-0.25, -0.2) is 4.98 Å². The number of hydrogen-bond acceptors (Lipinski definition) is 6. The number of rotatable bonds is 2. The summed E-state index contributed by atoms with van der Waals surface area (Å²) in [6.45, 7) is 3.83. The smallest absolute Gasteiger partial charge is 0.262 e. The van der Waals surface area contributed by atoms with E-state index in [0.717, 1.165) is 22.8 Å². The quantitative estimate of drug-likeness (QED) is 0.499. The number of anilines is 1. The van der Waals surface area contributed by atoms with Crippen LogP contribution in [0.5, 0.6) is 0 Å². The normalized spacial score (nSPS) is 13.0. The lowest BCUT2D eigenvalue weighted by atomic mass is 10.1. The molecule has 3 heterocycles. The number of hydrogen-bond donors (Lipinski definition) is 2. The third-order valence-corrected chi connectivity index (χ3v) is 5.17. The summed E-state index contributed by atoms with van der Waals surface area (Å²) in [4.78, 5) is 41.2. The Balaban J connectivity index is 1.71. The van der Waals surface area contributed by atoms with E-state index in [4.69, 9.17) is 10.2 Å². The highest BCUT2D eigenvalue weighted by Crippen LogP contribution is 2.30. The van der Waals surface area contributed by atoms with Gasteiger partial charge in [-0.15, -0.1) is 0 Å². The number of pyridine rings is 1.